The van der Waals surface area contributed by atoms with Crippen molar-refractivity contribution in [2.45, 2.75) is 26.7 Å². The maximum Gasteiger partial charge on any atom is 0.336 e. The van der Waals surface area contributed by atoms with Gasteiger partial charge in [0.05, 0.1) is 12.7 Å². The smallest absolute Gasteiger partial charge is 0.336 e. The quantitative estimate of drug-likeness (QED) is 0.430. The van der Waals surface area contributed by atoms with Gasteiger partial charge in [-0.05, 0) is 32.4 Å². The molecule has 2 aromatic rings. The number of benzene rings is 2. The van der Waals surface area contributed by atoms with E-state index in [1.54, 1.807) is 0 Å². The van der Waals surface area contributed by atoms with E-state index in [0.29, 0.717) is 5.57 Å². The fourth-order valence-electron chi connectivity index (χ4n) is 3.17. The standard InChI is InChI=1S/C17H21NO3S.C6H6/c1-10-11(2)18-12(3)16(17(19)20-4)15(10)13-7-5-6-8-14(13)21-9-22;1-2-4-6-5-3-1/h5-8,15,18,22H,9H2,1-4H3;1-6H. The molecule has 1 heterocycles. The zero-order valence-electron chi connectivity index (χ0n) is 16.7. The van der Waals surface area contributed by atoms with Crippen LogP contribution in [0.3, 0.4) is 0 Å². The van der Waals surface area contributed by atoms with E-state index in [9.17, 15) is 4.79 Å². The van der Waals surface area contributed by atoms with Crippen LogP contribution in [0, 0.1) is 0 Å². The van der Waals surface area contributed by atoms with Crippen molar-refractivity contribution in [3.05, 3.63) is 88.8 Å². The van der Waals surface area contributed by atoms with Gasteiger partial charge in [0.25, 0.3) is 0 Å². The SMILES string of the molecule is COC(=O)C1=C(C)NC(C)=C(C)C1c1ccccc1OCS.c1ccccc1. The Hall–Kier alpha value is -2.66. The lowest BCUT2D eigenvalue weighted by atomic mass is 9.81. The van der Waals surface area contributed by atoms with Crippen molar-refractivity contribution in [3.63, 3.8) is 0 Å². The molecule has 1 unspecified atom stereocenters. The van der Waals surface area contributed by atoms with Crippen LogP contribution in [0.2, 0.25) is 0 Å². The van der Waals surface area contributed by atoms with Crippen LogP contribution >= 0.6 is 12.6 Å². The molecule has 0 radical (unpaired) electrons. The van der Waals surface area contributed by atoms with Crippen LogP contribution in [0.25, 0.3) is 0 Å². The lowest BCUT2D eigenvalue weighted by Crippen LogP contribution is -2.28. The van der Waals surface area contributed by atoms with E-state index >= 15 is 0 Å². The summed E-state index contributed by atoms with van der Waals surface area (Å²) in [5.41, 5.74) is 4.47. The number of thiol groups is 1. The largest absolute Gasteiger partial charge is 0.483 e. The fraction of sp³-hybridized carbons (Fsp3) is 0.261. The highest BCUT2D eigenvalue weighted by atomic mass is 32.1. The van der Waals surface area contributed by atoms with Crippen LogP contribution in [0.1, 0.15) is 32.3 Å². The molecule has 28 heavy (non-hydrogen) atoms. The molecule has 4 nitrogen and oxygen atoms in total. The van der Waals surface area contributed by atoms with Crippen molar-refractivity contribution < 1.29 is 14.3 Å². The molecule has 0 fully saturated rings. The van der Waals surface area contributed by atoms with Gasteiger partial charge < -0.3 is 14.8 Å². The molecule has 1 aliphatic rings. The van der Waals surface area contributed by atoms with E-state index in [-0.39, 0.29) is 17.8 Å². The molecule has 5 heteroatoms. The number of carbonyl (C=O) groups is 1. The summed E-state index contributed by atoms with van der Waals surface area (Å²) in [5, 5.41) is 3.25. The van der Waals surface area contributed by atoms with Crippen molar-refractivity contribution in [3.8, 4) is 5.75 Å². The number of esters is 1. The van der Waals surface area contributed by atoms with Crippen LogP contribution in [0.15, 0.2) is 83.2 Å². The summed E-state index contributed by atoms with van der Waals surface area (Å²) in [5.74, 6) is 0.484. The van der Waals surface area contributed by atoms with Gasteiger partial charge >= 0.3 is 5.97 Å². The van der Waals surface area contributed by atoms with Crippen molar-refractivity contribution in [1.29, 1.82) is 0 Å². The zero-order valence-corrected chi connectivity index (χ0v) is 17.6. The average molecular weight is 398 g/mol. The van der Waals surface area contributed by atoms with Gasteiger partial charge in [-0.25, -0.2) is 4.79 Å². The highest BCUT2D eigenvalue weighted by Gasteiger charge is 2.33. The van der Waals surface area contributed by atoms with E-state index in [1.165, 1.54) is 7.11 Å². The maximum absolute atomic E-state index is 12.3. The van der Waals surface area contributed by atoms with E-state index < -0.39 is 0 Å². The number of hydrogen-bond donors (Lipinski definition) is 2. The second-order valence-corrected chi connectivity index (χ2v) is 6.62. The van der Waals surface area contributed by atoms with E-state index in [1.807, 2.05) is 81.4 Å². The number of dihydropyridines is 1. The van der Waals surface area contributed by atoms with Gasteiger partial charge in [-0.2, -0.15) is 0 Å². The molecule has 0 saturated carbocycles. The summed E-state index contributed by atoms with van der Waals surface area (Å²) in [6.07, 6.45) is 0. The van der Waals surface area contributed by atoms with Crippen LogP contribution in [0.4, 0.5) is 0 Å². The number of carbonyl (C=O) groups excluding carboxylic acids is 1. The Morgan fingerprint density at radius 1 is 0.964 bits per heavy atom. The van der Waals surface area contributed by atoms with Crippen molar-refractivity contribution in [2.24, 2.45) is 0 Å². The molecule has 0 amide bonds. The summed E-state index contributed by atoms with van der Waals surface area (Å²) in [4.78, 5) is 12.3. The summed E-state index contributed by atoms with van der Waals surface area (Å²) in [6.45, 7) is 5.90. The van der Waals surface area contributed by atoms with E-state index in [0.717, 1.165) is 28.3 Å². The van der Waals surface area contributed by atoms with Gasteiger partial charge in [0.1, 0.15) is 11.7 Å². The predicted octanol–water partition coefficient (Wildman–Crippen LogP) is 5.07. The number of para-hydroxylation sites is 1. The Morgan fingerprint density at radius 2 is 1.54 bits per heavy atom. The minimum Gasteiger partial charge on any atom is -0.483 e. The Morgan fingerprint density at radius 3 is 2.07 bits per heavy atom. The first-order valence-electron chi connectivity index (χ1n) is 9.07. The molecule has 1 atom stereocenters. The molecular weight excluding hydrogens is 370 g/mol. The highest BCUT2D eigenvalue weighted by molar-refractivity contribution is 7.80. The van der Waals surface area contributed by atoms with Crippen molar-refractivity contribution in [1.82, 2.24) is 5.32 Å². The number of methoxy groups -OCH3 is 1. The molecule has 0 aromatic heterocycles. The first-order chi connectivity index (χ1) is 13.5. The third kappa shape index (κ3) is 5.20. The summed E-state index contributed by atoms with van der Waals surface area (Å²) in [6, 6.07) is 19.7. The molecule has 0 spiro atoms. The minimum atomic E-state index is -0.331. The molecule has 3 rings (SSSR count). The third-order valence-corrected chi connectivity index (χ3v) is 4.74. The van der Waals surface area contributed by atoms with Crippen LogP contribution in [-0.4, -0.2) is 19.0 Å². The van der Waals surface area contributed by atoms with Gasteiger partial charge in [0.15, 0.2) is 0 Å². The summed E-state index contributed by atoms with van der Waals surface area (Å²) in [7, 11) is 1.40. The Labute approximate surface area is 172 Å². The molecule has 148 valence electrons. The summed E-state index contributed by atoms with van der Waals surface area (Å²) >= 11 is 4.13. The van der Waals surface area contributed by atoms with Crippen LogP contribution < -0.4 is 10.1 Å². The van der Waals surface area contributed by atoms with Crippen LogP contribution in [0.5, 0.6) is 5.75 Å². The molecule has 0 aliphatic carbocycles. The second kappa shape index (κ2) is 10.6. The molecule has 1 N–H and O–H groups in total. The van der Waals surface area contributed by atoms with Gasteiger partial charge in [0.2, 0.25) is 0 Å². The Balaban J connectivity index is 0.000000397. The first kappa shape index (κ1) is 21.6. The normalized spacial score (nSPS) is 16.0. The molecule has 2 aromatic carbocycles. The van der Waals surface area contributed by atoms with E-state index in [4.69, 9.17) is 9.47 Å². The van der Waals surface area contributed by atoms with E-state index in [2.05, 4.69) is 17.9 Å². The predicted molar refractivity (Wildman–Crippen MR) is 116 cm³/mol. The number of rotatable bonds is 4. The van der Waals surface area contributed by atoms with Gasteiger partial charge in [-0.3, -0.25) is 0 Å². The van der Waals surface area contributed by atoms with Gasteiger partial charge in [0, 0.05) is 22.9 Å². The lowest BCUT2D eigenvalue weighted by molar-refractivity contribution is -0.136. The Bertz CT molecular complexity index is 832. The summed E-state index contributed by atoms with van der Waals surface area (Å²) < 4.78 is 10.6. The minimum absolute atomic E-state index is 0.190. The molecular formula is C23H27NO3S. The second-order valence-electron chi connectivity index (χ2n) is 6.36. The third-order valence-electron chi connectivity index (χ3n) is 4.61. The first-order valence-corrected chi connectivity index (χ1v) is 9.70. The number of hydrogen-bond acceptors (Lipinski definition) is 5. The van der Waals surface area contributed by atoms with Crippen molar-refractivity contribution in [2.75, 3.05) is 13.0 Å². The molecule has 0 saturated heterocycles. The zero-order chi connectivity index (χ0) is 20.5. The van der Waals surface area contributed by atoms with Gasteiger partial charge in [-0.15, -0.1) is 12.6 Å². The number of nitrogens with one attached hydrogen (secondary N) is 1. The number of allylic oxidation sites excluding steroid dienone is 3. The monoisotopic (exact) mass is 397 g/mol. The molecule has 1 aliphatic heterocycles. The van der Waals surface area contributed by atoms with Crippen LogP contribution in [-0.2, 0) is 9.53 Å². The molecule has 0 bridgehead atoms. The average Bonchev–Trinajstić information content (AvgIpc) is 2.72. The maximum atomic E-state index is 12.3. The topological polar surface area (TPSA) is 47.6 Å². The lowest BCUT2D eigenvalue weighted by Gasteiger charge is -2.30. The highest BCUT2D eigenvalue weighted by Crippen LogP contribution is 2.41. The Kier molecular flexibility index (Phi) is 8.20. The van der Waals surface area contributed by atoms with Crippen molar-refractivity contribution >= 4 is 18.6 Å². The van der Waals surface area contributed by atoms with Gasteiger partial charge in [-0.1, -0.05) is 54.6 Å². The number of ether oxygens (including phenoxy) is 2. The fourth-order valence-corrected chi connectivity index (χ4v) is 3.31.